The quantitative estimate of drug-likeness (QED) is 0.377. The highest BCUT2D eigenvalue weighted by Crippen LogP contribution is 2.50. The summed E-state index contributed by atoms with van der Waals surface area (Å²) in [5, 5.41) is 10.8. The predicted molar refractivity (Wildman–Crippen MR) is 164 cm³/mol. The van der Waals surface area contributed by atoms with E-state index in [-0.39, 0.29) is 5.91 Å². The third kappa shape index (κ3) is 4.01. The Balaban J connectivity index is 1.19. The van der Waals surface area contributed by atoms with Crippen LogP contribution in [0, 0.1) is 11.8 Å². The van der Waals surface area contributed by atoms with E-state index in [9.17, 15) is 4.79 Å². The second kappa shape index (κ2) is 10.1. The molecule has 1 saturated carbocycles. The first-order valence-corrected chi connectivity index (χ1v) is 16.2. The zero-order valence-electron chi connectivity index (χ0n) is 23.0. The molecule has 1 N–H and O–H groups in total. The highest BCUT2D eigenvalue weighted by atomic mass is 32.2. The molecular weight excluding hydrogens is 512 g/mol. The Morgan fingerprint density at radius 2 is 1.90 bits per heavy atom. The van der Waals surface area contributed by atoms with Crippen LogP contribution in [-0.4, -0.2) is 51.4 Å². The van der Waals surface area contributed by atoms with E-state index < -0.39 is 0 Å². The van der Waals surface area contributed by atoms with Crippen molar-refractivity contribution in [3.05, 3.63) is 82.2 Å². The van der Waals surface area contributed by atoms with E-state index in [2.05, 4.69) is 46.6 Å². The van der Waals surface area contributed by atoms with Gasteiger partial charge in [0.25, 0.3) is 5.91 Å². The predicted octanol–water partition coefficient (Wildman–Crippen LogP) is 7.15. The highest BCUT2D eigenvalue weighted by Gasteiger charge is 2.36. The number of nitrogens with zero attached hydrogens (tertiary/aromatic N) is 3. The molecule has 6 heteroatoms. The first-order valence-electron chi connectivity index (χ1n) is 15.2. The minimum Gasteiger partial charge on any atom is -0.337 e. The first kappa shape index (κ1) is 24.7. The van der Waals surface area contributed by atoms with Crippen LogP contribution in [0.1, 0.15) is 83.6 Å². The van der Waals surface area contributed by atoms with Crippen molar-refractivity contribution in [2.24, 2.45) is 16.8 Å². The van der Waals surface area contributed by atoms with Crippen molar-refractivity contribution in [2.75, 3.05) is 25.4 Å². The minimum atomic E-state index is 0.0588. The van der Waals surface area contributed by atoms with Gasteiger partial charge in [0.05, 0.1) is 5.04 Å². The van der Waals surface area contributed by atoms with Crippen molar-refractivity contribution < 1.29 is 4.79 Å². The molecule has 1 amide bonds. The molecule has 8 rings (SSSR count). The van der Waals surface area contributed by atoms with Gasteiger partial charge in [0, 0.05) is 37.1 Å². The number of amides is 1. The Labute approximate surface area is 240 Å². The molecule has 40 heavy (non-hydrogen) atoms. The molecule has 3 aliphatic carbocycles. The molecule has 0 spiro atoms. The molecule has 1 aromatic heterocycles. The average molecular weight is 549 g/mol. The number of aromatic nitrogens is 2. The number of benzene rings is 2. The number of carbonyl (C=O) groups is 1. The second-order valence-electron chi connectivity index (χ2n) is 12.2. The Bertz CT molecular complexity index is 1570. The largest absolute Gasteiger partial charge is 0.337 e. The van der Waals surface area contributed by atoms with Gasteiger partial charge in [-0.25, -0.2) is 0 Å². The Morgan fingerprint density at radius 3 is 2.65 bits per heavy atom. The first-order chi connectivity index (χ1) is 19.8. The van der Waals surface area contributed by atoms with Gasteiger partial charge in [-0.1, -0.05) is 48.4 Å². The zero-order chi connectivity index (χ0) is 26.6. The lowest BCUT2D eigenvalue weighted by molar-refractivity contribution is 0.0707. The van der Waals surface area contributed by atoms with Crippen molar-refractivity contribution in [3.63, 3.8) is 0 Å². The van der Waals surface area contributed by atoms with Gasteiger partial charge in [0.15, 0.2) is 0 Å². The summed E-state index contributed by atoms with van der Waals surface area (Å²) in [6.07, 6.45) is 16.2. The summed E-state index contributed by atoms with van der Waals surface area (Å²) in [6.45, 7) is 2.45. The molecule has 5 aliphatic rings. The number of aromatic amines is 1. The Kier molecular flexibility index (Phi) is 6.20. The van der Waals surface area contributed by atoms with E-state index in [1.165, 1.54) is 76.6 Å². The molecule has 1 atom stereocenters. The zero-order valence-corrected chi connectivity index (χ0v) is 23.8. The lowest BCUT2D eigenvalue weighted by atomic mass is 9.64. The number of carbonyl (C=O) groups excluding carboxylic acids is 1. The van der Waals surface area contributed by atoms with Gasteiger partial charge in [-0.2, -0.15) is 5.10 Å². The Morgan fingerprint density at radius 1 is 1.02 bits per heavy atom. The standard InChI is InChI=1S/C34H36N4OS/c39-34(31-12-15-36-37-31)38-17-13-22(14-18-38)23-8-9-27-28(32(23)33-35-16-19-40-33)11-10-26-24-6-1-2-7-25(24)29(20-30(26)27)21-4-3-5-21/h1,6,8-12,15,21-22,29H,2-5,7,13-14,16-20H2,(H,36,37). The molecule has 3 heterocycles. The molecule has 1 saturated heterocycles. The third-order valence-corrected chi connectivity index (χ3v) is 11.2. The number of fused-ring (bicyclic) bond motifs is 4. The van der Waals surface area contributed by atoms with E-state index in [0.717, 1.165) is 44.1 Å². The number of nitrogens with one attached hydrogen (secondary N) is 1. The van der Waals surface area contributed by atoms with Gasteiger partial charge in [-0.15, -0.1) is 11.8 Å². The van der Waals surface area contributed by atoms with Crippen LogP contribution >= 0.6 is 11.8 Å². The van der Waals surface area contributed by atoms with E-state index in [1.54, 1.807) is 23.4 Å². The molecule has 1 unspecified atom stereocenters. The number of H-pyrrole nitrogens is 1. The van der Waals surface area contributed by atoms with Crippen molar-refractivity contribution in [1.82, 2.24) is 15.1 Å². The lowest BCUT2D eigenvalue weighted by Crippen LogP contribution is -2.38. The fraction of sp³-hybridized carbons (Fsp3) is 0.441. The molecule has 2 aromatic carbocycles. The number of aliphatic imine (C=N–C) groups is 1. The summed E-state index contributed by atoms with van der Waals surface area (Å²) in [5.74, 6) is 3.14. The number of thioether (sulfide) groups is 1. The van der Waals surface area contributed by atoms with Crippen LogP contribution in [0.4, 0.5) is 0 Å². The monoisotopic (exact) mass is 548 g/mol. The maximum Gasteiger partial charge on any atom is 0.271 e. The average Bonchev–Trinajstić information content (AvgIpc) is 3.71. The molecule has 204 valence electrons. The number of piperidine rings is 1. The summed E-state index contributed by atoms with van der Waals surface area (Å²) in [4.78, 5) is 19.9. The maximum atomic E-state index is 12.9. The lowest BCUT2D eigenvalue weighted by Gasteiger charge is -2.41. The highest BCUT2D eigenvalue weighted by molar-refractivity contribution is 8.14. The number of hydrogen-bond acceptors (Lipinski definition) is 4. The topological polar surface area (TPSA) is 61.4 Å². The summed E-state index contributed by atoms with van der Waals surface area (Å²) < 4.78 is 0. The summed E-state index contributed by atoms with van der Waals surface area (Å²) in [7, 11) is 0. The fourth-order valence-corrected chi connectivity index (χ4v) is 8.86. The fourth-order valence-electron chi connectivity index (χ4n) is 7.93. The van der Waals surface area contributed by atoms with E-state index in [0.29, 0.717) is 17.5 Å². The summed E-state index contributed by atoms with van der Waals surface area (Å²) in [6, 6.07) is 11.5. The number of rotatable bonds is 4. The van der Waals surface area contributed by atoms with Crippen LogP contribution in [0.25, 0.3) is 16.3 Å². The molecule has 0 radical (unpaired) electrons. The summed E-state index contributed by atoms with van der Waals surface area (Å²) in [5.41, 5.74) is 9.69. The van der Waals surface area contributed by atoms with Gasteiger partial charge < -0.3 is 4.90 Å². The maximum absolute atomic E-state index is 12.9. The van der Waals surface area contributed by atoms with Gasteiger partial charge in [-0.05, 0) is 102 Å². The van der Waals surface area contributed by atoms with Crippen LogP contribution in [0.2, 0.25) is 0 Å². The minimum absolute atomic E-state index is 0.0588. The normalized spacial score (nSPS) is 23.2. The van der Waals surface area contributed by atoms with Crippen molar-refractivity contribution in [1.29, 1.82) is 0 Å². The van der Waals surface area contributed by atoms with Gasteiger partial charge in [0.2, 0.25) is 0 Å². The molecule has 5 nitrogen and oxygen atoms in total. The number of allylic oxidation sites excluding steroid dienone is 4. The SMILES string of the molecule is O=C(c1ccn[nH]1)N1CCC(c2ccc3c4c(ccc3c2C2=NCCS2)C2=C(CCC=C2)C(C2CCC2)C4)CC1. The second-order valence-corrected chi connectivity index (χ2v) is 13.3. The Hall–Kier alpha value is -3.12. The molecule has 2 fully saturated rings. The number of hydrogen-bond donors (Lipinski definition) is 1. The van der Waals surface area contributed by atoms with Crippen LogP contribution < -0.4 is 0 Å². The van der Waals surface area contributed by atoms with Crippen LogP contribution in [0.15, 0.2) is 59.2 Å². The summed E-state index contributed by atoms with van der Waals surface area (Å²) >= 11 is 1.92. The van der Waals surface area contributed by atoms with Gasteiger partial charge in [-0.3, -0.25) is 14.9 Å². The number of likely N-dealkylation sites (tertiary alicyclic amines) is 1. The smallest absolute Gasteiger partial charge is 0.271 e. The van der Waals surface area contributed by atoms with E-state index >= 15 is 0 Å². The molecule has 0 bridgehead atoms. The van der Waals surface area contributed by atoms with E-state index in [1.807, 2.05) is 16.7 Å². The van der Waals surface area contributed by atoms with E-state index in [4.69, 9.17) is 4.99 Å². The van der Waals surface area contributed by atoms with Crippen molar-refractivity contribution in [2.45, 2.75) is 57.3 Å². The van der Waals surface area contributed by atoms with Crippen LogP contribution in [-0.2, 0) is 6.42 Å². The third-order valence-electron chi connectivity index (χ3n) is 10.2. The molecular formula is C34H36N4OS. The van der Waals surface area contributed by atoms with Crippen LogP contribution in [0.5, 0.6) is 0 Å². The van der Waals surface area contributed by atoms with Crippen molar-refractivity contribution in [3.8, 4) is 0 Å². The van der Waals surface area contributed by atoms with Gasteiger partial charge >= 0.3 is 0 Å². The van der Waals surface area contributed by atoms with Crippen molar-refractivity contribution >= 4 is 39.1 Å². The molecule has 2 aliphatic heterocycles. The molecule has 3 aromatic rings. The van der Waals surface area contributed by atoms with Gasteiger partial charge in [0.1, 0.15) is 5.69 Å². The van der Waals surface area contributed by atoms with Crippen LogP contribution in [0.3, 0.4) is 0 Å².